The van der Waals surface area contributed by atoms with E-state index in [0.29, 0.717) is 49.8 Å². The largest absolute Gasteiger partial charge is 0.489 e. The molecule has 2 heterocycles. The SMILES string of the molecule is Cl.NC1(C(=O)Nc2cccc(COc3ccc4c(c3)OCO4)c2)CCOCC1. The van der Waals surface area contributed by atoms with Crippen LogP contribution in [0.5, 0.6) is 17.2 Å². The van der Waals surface area contributed by atoms with Crippen molar-refractivity contribution in [1.82, 2.24) is 0 Å². The molecule has 4 rings (SSSR count). The van der Waals surface area contributed by atoms with E-state index in [1.165, 1.54) is 0 Å². The van der Waals surface area contributed by atoms with E-state index in [9.17, 15) is 4.79 Å². The number of hydrogen-bond donors (Lipinski definition) is 2. The highest BCUT2D eigenvalue weighted by Gasteiger charge is 2.35. The monoisotopic (exact) mass is 406 g/mol. The second-order valence-electron chi connectivity index (χ2n) is 6.73. The molecule has 1 amide bonds. The van der Waals surface area contributed by atoms with Gasteiger partial charge >= 0.3 is 0 Å². The first-order valence-electron chi connectivity index (χ1n) is 8.92. The Balaban J connectivity index is 0.00000225. The zero-order chi connectivity index (χ0) is 18.7. The second kappa shape index (κ2) is 8.68. The fourth-order valence-electron chi connectivity index (χ4n) is 3.09. The van der Waals surface area contributed by atoms with Gasteiger partial charge in [0.15, 0.2) is 11.5 Å². The summed E-state index contributed by atoms with van der Waals surface area (Å²) in [7, 11) is 0. The molecule has 0 aromatic heterocycles. The van der Waals surface area contributed by atoms with Gasteiger partial charge < -0.3 is 30.0 Å². The van der Waals surface area contributed by atoms with Crippen LogP contribution in [-0.2, 0) is 16.1 Å². The molecule has 0 bridgehead atoms. The molecule has 2 aromatic rings. The van der Waals surface area contributed by atoms with Crippen molar-refractivity contribution in [3.8, 4) is 17.2 Å². The predicted octanol–water partition coefficient (Wildman–Crippen LogP) is 2.86. The van der Waals surface area contributed by atoms with Crippen LogP contribution in [0.1, 0.15) is 18.4 Å². The van der Waals surface area contributed by atoms with Gasteiger partial charge in [-0.25, -0.2) is 0 Å². The van der Waals surface area contributed by atoms with Crippen molar-refractivity contribution in [1.29, 1.82) is 0 Å². The van der Waals surface area contributed by atoms with Gasteiger partial charge in [0.2, 0.25) is 12.7 Å². The smallest absolute Gasteiger partial charge is 0.244 e. The lowest BCUT2D eigenvalue weighted by molar-refractivity contribution is -0.124. The van der Waals surface area contributed by atoms with Crippen LogP contribution in [0.4, 0.5) is 5.69 Å². The molecular formula is C20H23ClN2O5. The molecule has 150 valence electrons. The molecule has 28 heavy (non-hydrogen) atoms. The number of nitrogens with one attached hydrogen (secondary N) is 1. The maximum Gasteiger partial charge on any atom is 0.244 e. The molecule has 7 nitrogen and oxygen atoms in total. The van der Waals surface area contributed by atoms with Gasteiger partial charge in [-0.05, 0) is 42.7 Å². The quantitative estimate of drug-likeness (QED) is 0.793. The molecule has 2 aromatic carbocycles. The number of amides is 1. The second-order valence-corrected chi connectivity index (χ2v) is 6.73. The van der Waals surface area contributed by atoms with Crippen LogP contribution in [-0.4, -0.2) is 31.5 Å². The van der Waals surface area contributed by atoms with E-state index in [-0.39, 0.29) is 25.1 Å². The fourth-order valence-corrected chi connectivity index (χ4v) is 3.09. The van der Waals surface area contributed by atoms with E-state index in [2.05, 4.69) is 5.32 Å². The number of carbonyl (C=O) groups excluding carboxylic acids is 1. The summed E-state index contributed by atoms with van der Waals surface area (Å²) in [5.74, 6) is 1.91. The Kier molecular flexibility index (Phi) is 6.28. The van der Waals surface area contributed by atoms with Crippen LogP contribution in [0, 0.1) is 0 Å². The highest BCUT2D eigenvalue weighted by molar-refractivity contribution is 5.98. The molecule has 3 N–H and O–H groups in total. The van der Waals surface area contributed by atoms with Crippen LogP contribution in [0.3, 0.4) is 0 Å². The summed E-state index contributed by atoms with van der Waals surface area (Å²) in [5.41, 5.74) is 6.98. The number of halogens is 1. The zero-order valence-electron chi connectivity index (χ0n) is 15.3. The highest BCUT2D eigenvalue weighted by atomic mass is 35.5. The van der Waals surface area contributed by atoms with Gasteiger partial charge in [0.05, 0.1) is 0 Å². The first-order valence-corrected chi connectivity index (χ1v) is 8.92. The van der Waals surface area contributed by atoms with Gasteiger partial charge in [0.1, 0.15) is 17.9 Å². The minimum atomic E-state index is -0.878. The maximum atomic E-state index is 12.5. The number of rotatable bonds is 5. The lowest BCUT2D eigenvalue weighted by atomic mass is 9.90. The minimum absolute atomic E-state index is 0. The highest BCUT2D eigenvalue weighted by Crippen LogP contribution is 2.35. The molecule has 8 heteroatoms. The molecule has 0 spiro atoms. The third kappa shape index (κ3) is 4.49. The Labute approximate surface area is 169 Å². The van der Waals surface area contributed by atoms with E-state index >= 15 is 0 Å². The van der Waals surface area contributed by atoms with Crippen molar-refractivity contribution >= 4 is 24.0 Å². The zero-order valence-corrected chi connectivity index (χ0v) is 16.1. The third-order valence-electron chi connectivity index (χ3n) is 4.77. The van der Waals surface area contributed by atoms with Gasteiger partial charge in [-0.2, -0.15) is 0 Å². The molecule has 0 aliphatic carbocycles. The summed E-state index contributed by atoms with van der Waals surface area (Å²) >= 11 is 0. The van der Waals surface area contributed by atoms with Gasteiger partial charge in [-0.15, -0.1) is 12.4 Å². The van der Waals surface area contributed by atoms with Crippen molar-refractivity contribution in [3.05, 3.63) is 48.0 Å². The van der Waals surface area contributed by atoms with Crippen LogP contribution >= 0.6 is 12.4 Å². The molecule has 2 aliphatic rings. The predicted molar refractivity (Wildman–Crippen MR) is 106 cm³/mol. The number of anilines is 1. The first kappa shape index (κ1) is 20.3. The van der Waals surface area contributed by atoms with Crippen molar-refractivity contribution < 1.29 is 23.7 Å². The summed E-state index contributed by atoms with van der Waals surface area (Å²) in [6.07, 6.45) is 1.04. The Morgan fingerprint density at radius 3 is 2.71 bits per heavy atom. The fraction of sp³-hybridized carbons (Fsp3) is 0.350. The minimum Gasteiger partial charge on any atom is -0.489 e. The molecule has 1 fully saturated rings. The third-order valence-corrected chi connectivity index (χ3v) is 4.77. The molecule has 0 unspecified atom stereocenters. The number of carbonyl (C=O) groups is 1. The van der Waals surface area contributed by atoms with E-state index in [1.807, 2.05) is 36.4 Å². The topological polar surface area (TPSA) is 92.0 Å². The van der Waals surface area contributed by atoms with E-state index < -0.39 is 5.54 Å². The van der Waals surface area contributed by atoms with Gasteiger partial charge in [-0.1, -0.05) is 12.1 Å². The number of benzene rings is 2. The molecule has 0 atom stereocenters. The molecule has 0 saturated carbocycles. The van der Waals surface area contributed by atoms with E-state index in [4.69, 9.17) is 24.7 Å². The van der Waals surface area contributed by atoms with E-state index in [0.717, 1.165) is 11.3 Å². The standard InChI is InChI=1S/C20H22N2O5.ClH/c21-20(6-8-24-9-7-20)19(23)22-15-3-1-2-14(10-15)12-25-16-4-5-17-18(11-16)27-13-26-17;/h1-5,10-11H,6-9,12-13,21H2,(H,22,23);1H. The first-order chi connectivity index (χ1) is 13.1. The lowest BCUT2D eigenvalue weighted by Crippen LogP contribution is -2.54. The van der Waals surface area contributed by atoms with Crippen molar-refractivity contribution in [2.75, 3.05) is 25.3 Å². The summed E-state index contributed by atoms with van der Waals surface area (Å²) in [4.78, 5) is 12.5. The van der Waals surface area contributed by atoms with Gasteiger partial charge in [0, 0.05) is 25.0 Å². The summed E-state index contributed by atoms with van der Waals surface area (Å²) in [6, 6.07) is 13.0. The van der Waals surface area contributed by atoms with Crippen molar-refractivity contribution in [3.63, 3.8) is 0 Å². The van der Waals surface area contributed by atoms with Crippen LogP contribution in [0.15, 0.2) is 42.5 Å². The van der Waals surface area contributed by atoms with Gasteiger partial charge in [0.25, 0.3) is 0 Å². The number of nitrogens with two attached hydrogens (primary N) is 1. The van der Waals surface area contributed by atoms with Crippen LogP contribution in [0.2, 0.25) is 0 Å². The van der Waals surface area contributed by atoms with Crippen LogP contribution in [0.25, 0.3) is 0 Å². The van der Waals surface area contributed by atoms with Crippen molar-refractivity contribution in [2.24, 2.45) is 5.73 Å². The summed E-state index contributed by atoms with van der Waals surface area (Å²) in [6.45, 7) is 1.61. The number of hydrogen-bond acceptors (Lipinski definition) is 6. The lowest BCUT2D eigenvalue weighted by Gasteiger charge is -2.31. The Hall–Kier alpha value is -2.48. The van der Waals surface area contributed by atoms with Gasteiger partial charge in [-0.3, -0.25) is 4.79 Å². The van der Waals surface area contributed by atoms with Crippen LogP contribution < -0.4 is 25.3 Å². The maximum absolute atomic E-state index is 12.5. The number of ether oxygens (including phenoxy) is 4. The average Bonchev–Trinajstić information content (AvgIpc) is 3.15. The summed E-state index contributed by atoms with van der Waals surface area (Å²) < 4.78 is 21.8. The molecule has 0 radical (unpaired) electrons. The molecule has 1 saturated heterocycles. The Morgan fingerprint density at radius 1 is 1.11 bits per heavy atom. The average molecular weight is 407 g/mol. The Bertz CT molecular complexity index is 839. The number of fused-ring (bicyclic) bond motifs is 1. The van der Waals surface area contributed by atoms with Crippen molar-refractivity contribution in [2.45, 2.75) is 25.0 Å². The molecular weight excluding hydrogens is 384 g/mol. The van der Waals surface area contributed by atoms with E-state index in [1.54, 1.807) is 6.07 Å². The normalized spacial score (nSPS) is 16.8. The molecule has 2 aliphatic heterocycles. The summed E-state index contributed by atoms with van der Waals surface area (Å²) in [5, 5.41) is 2.91. The Morgan fingerprint density at radius 2 is 1.89 bits per heavy atom.